The lowest BCUT2D eigenvalue weighted by atomic mass is 10.4. The second-order valence-electron chi connectivity index (χ2n) is 1.66. The molecule has 9 heteroatoms. The molecule has 0 fully saturated rings. The molecule has 1 N–H and O–H groups in total. The van der Waals surface area contributed by atoms with Gasteiger partial charge in [0.15, 0.2) is 0 Å². The fraction of sp³-hybridized carbons (Fsp3) is 1.00. The molecule has 0 saturated carbocycles. The van der Waals surface area contributed by atoms with E-state index in [0.717, 1.165) is 12.8 Å². The summed E-state index contributed by atoms with van der Waals surface area (Å²) in [6.45, 7) is 2.32. The summed E-state index contributed by atoms with van der Waals surface area (Å²) in [5.41, 5.74) is 0. The minimum Gasteiger partial charge on any atom is -0.219 e. The third-order valence-corrected chi connectivity index (χ3v) is 0.799. The van der Waals surface area contributed by atoms with Crippen LogP contribution in [0.5, 0.6) is 0 Å². The Bertz CT molecular complexity index is 77.7. The van der Waals surface area contributed by atoms with Crippen LogP contribution in [0.25, 0.3) is 0 Å². The lowest BCUT2D eigenvalue weighted by molar-refractivity contribution is -0.830. The minimum atomic E-state index is 0.344. The molecule has 0 heterocycles. The van der Waals surface area contributed by atoms with Crippen LogP contribution in [0.2, 0.25) is 0 Å². The van der Waals surface area contributed by atoms with Gasteiger partial charge in [0.2, 0.25) is 0 Å². The number of hydrogen-bond donors (Lipinski definition) is 1. The number of unbranched alkanes of at least 4 members (excludes halogenated alkanes) is 1. The van der Waals surface area contributed by atoms with Crippen molar-refractivity contribution in [1.29, 1.82) is 0 Å². The van der Waals surface area contributed by atoms with Crippen LogP contribution in [-0.4, -0.2) is 11.9 Å². The molecular formula is C4H10O9. The lowest BCUT2D eigenvalue weighted by Gasteiger charge is -1.98. The van der Waals surface area contributed by atoms with Crippen LogP contribution in [0.1, 0.15) is 19.8 Å². The molecule has 0 bridgehead atoms. The topological polar surface area (TPSA) is 94.1 Å². The molecule has 9 nitrogen and oxygen atoms in total. The molecule has 0 aromatic rings. The molecule has 0 spiro atoms. The van der Waals surface area contributed by atoms with Crippen molar-refractivity contribution in [3.8, 4) is 0 Å². The zero-order valence-corrected chi connectivity index (χ0v) is 6.83. The van der Waals surface area contributed by atoms with Crippen LogP contribution >= 0.6 is 0 Å². The van der Waals surface area contributed by atoms with E-state index < -0.39 is 0 Å². The molecule has 0 amide bonds. The summed E-state index contributed by atoms with van der Waals surface area (Å²) in [4.78, 5) is 4.38. The molecule has 80 valence electrons. The number of hydrogen-bond acceptors (Lipinski definition) is 9. The highest BCUT2D eigenvalue weighted by Crippen LogP contribution is 1.91. The Kier molecular flexibility index (Phi) is 11.3. The monoisotopic (exact) mass is 202 g/mol. The van der Waals surface area contributed by atoms with Crippen LogP contribution < -0.4 is 0 Å². The van der Waals surface area contributed by atoms with Crippen molar-refractivity contribution in [2.75, 3.05) is 6.61 Å². The van der Waals surface area contributed by atoms with Gasteiger partial charge in [-0.05, 0) is 41.7 Å². The van der Waals surface area contributed by atoms with Crippen molar-refractivity contribution in [2.24, 2.45) is 0 Å². The molecule has 0 aliphatic heterocycles. The molecular weight excluding hydrogens is 192 g/mol. The van der Waals surface area contributed by atoms with Gasteiger partial charge in [-0.1, -0.05) is 13.3 Å². The predicted molar refractivity (Wildman–Crippen MR) is 31.1 cm³/mol. The molecule has 0 saturated heterocycles. The van der Waals surface area contributed by atoms with Crippen molar-refractivity contribution in [3.63, 3.8) is 0 Å². The van der Waals surface area contributed by atoms with Gasteiger partial charge in [-0.3, -0.25) is 0 Å². The van der Waals surface area contributed by atoms with Crippen molar-refractivity contribution in [1.82, 2.24) is 0 Å². The van der Waals surface area contributed by atoms with Crippen molar-refractivity contribution < 1.29 is 45.4 Å². The van der Waals surface area contributed by atoms with Crippen LogP contribution in [0, 0.1) is 0 Å². The predicted octanol–water partition coefficient (Wildman–Crippen LogP) is 0.797. The van der Waals surface area contributed by atoms with Crippen molar-refractivity contribution in [2.45, 2.75) is 19.8 Å². The highest BCUT2D eigenvalue weighted by Gasteiger charge is 1.93. The molecule has 0 aromatic heterocycles. The smallest absolute Gasteiger partial charge is 0.0854 e. The van der Waals surface area contributed by atoms with E-state index in [-0.39, 0.29) is 0 Å². The van der Waals surface area contributed by atoms with Gasteiger partial charge < -0.3 is 0 Å². The van der Waals surface area contributed by atoms with Crippen molar-refractivity contribution >= 4 is 0 Å². The van der Waals surface area contributed by atoms with E-state index in [1.807, 2.05) is 6.92 Å². The summed E-state index contributed by atoms with van der Waals surface area (Å²) in [6, 6.07) is 0. The average Bonchev–Trinajstić information content (AvgIpc) is 2.16. The van der Waals surface area contributed by atoms with Gasteiger partial charge in [0.05, 0.1) is 6.61 Å². The highest BCUT2D eigenvalue weighted by atomic mass is 17.9. The Labute approximate surface area is 73.0 Å². The first-order valence-electron chi connectivity index (χ1n) is 3.35. The fourth-order valence-corrected chi connectivity index (χ4v) is 0.315. The van der Waals surface area contributed by atoms with Gasteiger partial charge in [0.1, 0.15) is 0 Å². The molecule has 0 aromatic carbocycles. The van der Waals surface area contributed by atoms with Crippen LogP contribution in [0.3, 0.4) is 0 Å². The quantitative estimate of drug-likeness (QED) is 0.313. The number of rotatable bonds is 10. The van der Waals surface area contributed by atoms with E-state index in [0.29, 0.717) is 6.61 Å². The molecule has 13 heavy (non-hydrogen) atoms. The third-order valence-electron chi connectivity index (χ3n) is 0.799. The molecule has 0 aliphatic carbocycles. The van der Waals surface area contributed by atoms with Gasteiger partial charge >= 0.3 is 0 Å². The van der Waals surface area contributed by atoms with E-state index in [4.69, 9.17) is 5.26 Å². The summed E-state index contributed by atoms with van der Waals surface area (Å²) in [5, 5.41) is 32.0. The van der Waals surface area contributed by atoms with E-state index in [1.165, 1.54) is 0 Å². The SMILES string of the molecule is CCCCOOOOOOOOO. The molecule has 0 radical (unpaired) electrons. The van der Waals surface area contributed by atoms with Gasteiger partial charge in [-0.15, -0.1) is 0 Å². The maximum Gasteiger partial charge on any atom is 0.0854 e. The Morgan fingerprint density at radius 3 is 2.15 bits per heavy atom. The highest BCUT2D eigenvalue weighted by molar-refractivity contribution is 4.25. The molecule has 0 rings (SSSR count). The standard InChI is InChI=1S/C4H10O9/c1-2-3-4-6-8-10-12-13-11-9-7-5/h5H,2-4H2,1H3. The van der Waals surface area contributed by atoms with Crippen LogP contribution in [-0.2, 0) is 40.2 Å². The summed E-state index contributed by atoms with van der Waals surface area (Å²) >= 11 is 0. The Morgan fingerprint density at radius 2 is 1.54 bits per heavy atom. The lowest BCUT2D eigenvalue weighted by Crippen LogP contribution is -2.02. The minimum absolute atomic E-state index is 0.344. The van der Waals surface area contributed by atoms with Crippen LogP contribution in [0.15, 0.2) is 0 Å². The fourth-order valence-electron chi connectivity index (χ4n) is 0.315. The van der Waals surface area contributed by atoms with E-state index in [2.05, 4.69) is 40.2 Å². The first kappa shape index (κ1) is 12.6. The Morgan fingerprint density at radius 1 is 0.923 bits per heavy atom. The summed E-state index contributed by atoms with van der Waals surface area (Å²) in [6.07, 6.45) is 1.76. The summed E-state index contributed by atoms with van der Waals surface area (Å²) < 4.78 is 0. The van der Waals surface area contributed by atoms with Crippen LogP contribution in [0.4, 0.5) is 0 Å². The van der Waals surface area contributed by atoms with Crippen molar-refractivity contribution in [3.05, 3.63) is 0 Å². The third kappa shape index (κ3) is 11.6. The van der Waals surface area contributed by atoms with Gasteiger partial charge in [0.25, 0.3) is 0 Å². The molecule has 0 atom stereocenters. The maximum absolute atomic E-state index is 7.49. The first-order valence-corrected chi connectivity index (χ1v) is 3.35. The zero-order valence-electron chi connectivity index (χ0n) is 6.83. The van der Waals surface area contributed by atoms with E-state index >= 15 is 0 Å². The Hall–Kier alpha value is -0.360. The molecule has 0 aliphatic rings. The average molecular weight is 202 g/mol. The van der Waals surface area contributed by atoms with Gasteiger partial charge in [-0.25, -0.2) is 10.1 Å². The van der Waals surface area contributed by atoms with Gasteiger partial charge in [-0.2, -0.15) is 0 Å². The second kappa shape index (κ2) is 11.6. The molecule has 0 unspecified atom stereocenters. The van der Waals surface area contributed by atoms with Gasteiger partial charge in [0, 0.05) is 0 Å². The summed E-state index contributed by atoms with van der Waals surface area (Å²) in [5.74, 6) is 0. The first-order chi connectivity index (χ1) is 6.41. The van der Waals surface area contributed by atoms with E-state index in [1.54, 1.807) is 0 Å². The maximum atomic E-state index is 7.49. The zero-order chi connectivity index (χ0) is 9.78. The summed E-state index contributed by atoms with van der Waals surface area (Å²) in [7, 11) is 0. The Balaban J connectivity index is 2.76. The van der Waals surface area contributed by atoms with E-state index in [9.17, 15) is 0 Å². The normalized spacial score (nSPS) is 10.6. The second-order valence-corrected chi connectivity index (χ2v) is 1.66. The largest absolute Gasteiger partial charge is 0.219 e.